The van der Waals surface area contributed by atoms with E-state index < -0.39 is 6.04 Å². The molecule has 0 aliphatic carbocycles. The summed E-state index contributed by atoms with van der Waals surface area (Å²) in [6.07, 6.45) is 2.69. The van der Waals surface area contributed by atoms with E-state index in [1.54, 1.807) is 23.1 Å². The van der Waals surface area contributed by atoms with Gasteiger partial charge < -0.3 is 14.2 Å². The molecule has 9 heteroatoms. The second kappa shape index (κ2) is 6.69. The van der Waals surface area contributed by atoms with Gasteiger partial charge in [0.2, 0.25) is 6.39 Å². The Morgan fingerprint density at radius 1 is 1.32 bits per heavy atom. The summed E-state index contributed by atoms with van der Waals surface area (Å²) in [5.41, 5.74) is 0.378. The van der Waals surface area contributed by atoms with Crippen molar-refractivity contribution in [2.45, 2.75) is 6.04 Å². The Bertz CT molecular complexity index is 883. The summed E-state index contributed by atoms with van der Waals surface area (Å²) in [4.78, 5) is 23.2. The SMILES string of the molecule is O=C(c1cnc(-c2ccccc2F)s1)N1CCOC[C@H]1c1ncon1. The molecule has 1 saturated heterocycles. The number of aromatic nitrogens is 3. The number of thiazole rings is 1. The number of nitrogens with zero attached hydrogens (tertiary/aromatic N) is 4. The van der Waals surface area contributed by atoms with Crippen LogP contribution in [-0.4, -0.2) is 45.7 Å². The summed E-state index contributed by atoms with van der Waals surface area (Å²) in [7, 11) is 0. The molecule has 25 heavy (non-hydrogen) atoms. The number of amides is 1. The Hall–Kier alpha value is -2.65. The minimum absolute atomic E-state index is 0.210. The summed E-state index contributed by atoms with van der Waals surface area (Å²) in [6, 6.07) is 5.93. The molecule has 1 fully saturated rings. The molecule has 1 aromatic carbocycles. The Morgan fingerprint density at radius 2 is 2.20 bits per heavy atom. The number of rotatable bonds is 3. The van der Waals surface area contributed by atoms with E-state index in [9.17, 15) is 9.18 Å². The third-order valence-corrected chi connectivity index (χ3v) is 4.91. The maximum atomic E-state index is 13.9. The summed E-state index contributed by atoms with van der Waals surface area (Å²) in [5.74, 6) is -0.183. The van der Waals surface area contributed by atoms with E-state index in [1.807, 2.05) is 0 Å². The van der Waals surface area contributed by atoms with Crippen LogP contribution in [0.3, 0.4) is 0 Å². The van der Waals surface area contributed by atoms with Crippen LogP contribution in [0.5, 0.6) is 0 Å². The summed E-state index contributed by atoms with van der Waals surface area (Å²) in [5, 5.41) is 4.27. The van der Waals surface area contributed by atoms with E-state index in [2.05, 4.69) is 15.1 Å². The summed E-state index contributed by atoms with van der Waals surface area (Å²) < 4.78 is 24.1. The molecule has 0 saturated carbocycles. The van der Waals surface area contributed by atoms with Crippen molar-refractivity contribution in [2.24, 2.45) is 0 Å². The topological polar surface area (TPSA) is 81.4 Å². The van der Waals surface area contributed by atoms with Crippen molar-refractivity contribution < 1.29 is 18.4 Å². The van der Waals surface area contributed by atoms with Gasteiger partial charge in [0.1, 0.15) is 21.7 Å². The highest BCUT2D eigenvalue weighted by Crippen LogP contribution is 2.30. The van der Waals surface area contributed by atoms with Crippen LogP contribution in [0.2, 0.25) is 0 Å². The van der Waals surface area contributed by atoms with Crippen molar-refractivity contribution in [1.82, 2.24) is 20.0 Å². The standard InChI is InChI=1S/C16H13FN4O3S/c17-11-4-2-1-3-10(11)15-18-7-13(25-15)16(22)21-5-6-23-8-12(21)14-19-9-24-20-14/h1-4,7,9,12H,5-6,8H2/t12-/m0/s1. The van der Waals surface area contributed by atoms with Crippen molar-refractivity contribution in [3.05, 3.63) is 53.4 Å². The van der Waals surface area contributed by atoms with Gasteiger partial charge in [0.05, 0.1) is 19.4 Å². The third-order valence-electron chi connectivity index (χ3n) is 3.89. The first-order chi connectivity index (χ1) is 12.2. The number of hydrogen-bond acceptors (Lipinski definition) is 7. The maximum Gasteiger partial charge on any atom is 0.266 e. The molecule has 1 aliphatic heterocycles. The van der Waals surface area contributed by atoms with Crippen LogP contribution in [0.1, 0.15) is 21.5 Å². The van der Waals surface area contributed by atoms with Gasteiger partial charge in [-0.05, 0) is 12.1 Å². The quantitative estimate of drug-likeness (QED) is 0.714. The van der Waals surface area contributed by atoms with Gasteiger partial charge in [-0.3, -0.25) is 4.79 Å². The van der Waals surface area contributed by atoms with Crippen molar-refractivity contribution >= 4 is 17.2 Å². The zero-order valence-corrected chi connectivity index (χ0v) is 13.8. The predicted molar refractivity (Wildman–Crippen MR) is 86.4 cm³/mol. The fraction of sp³-hybridized carbons (Fsp3) is 0.250. The molecule has 3 aromatic rings. The maximum absolute atomic E-state index is 13.9. The fourth-order valence-corrected chi connectivity index (χ4v) is 3.56. The van der Waals surface area contributed by atoms with Gasteiger partial charge in [0.25, 0.3) is 5.91 Å². The second-order valence-corrected chi connectivity index (χ2v) is 6.42. The number of carbonyl (C=O) groups is 1. The monoisotopic (exact) mass is 360 g/mol. The number of carbonyl (C=O) groups excluding carboxylic acids is 1. The first kappa shape index (κ1) is 15.9. The van der Waals surface area contributed by atoms with Gasteiger partial charge in [-0.25, -0.2) is 9.37 Å². The highest BCUT2D eigenvalue weighted by Gasteiger charge is 2.33. The molecule has 3 heterocycles. The minimum atomic E-state index is -0.418. The molecule has 4 rings (SSSR count). The van der Waals surface area contributed by atoms with E-state index >= 15 is 0 Å². The van der Waals surface area contributed by atoms with Crippen molar-refractivity contribution in [3.8, 4) is 10.6 Å². The summed E-state index contributed by atoms with van der Waals surface area (Å²) >= 11 is 1.15. The van der Waals surface area contributed by atoms with Crippen LogP contribution in [-0.2, 0) is 4.74 Å². The zero-order chi connectivity index (χ0) is 17.2. The molecular weight excluding hydrogens is 347 g/mol. The number of ether oxygens (including phenoxy) is 1. The molecule has 7 nitrogen and oxygen atoms in total. The molecule has 0 bridgehead atoms. The highest BCUT2D eigenvalue weighted by molar-refractivity contribution is 7.16. The van der Waals surface area contributed by atoms with Crippen LogP contribution in [0, 0.1) is 5.82 Å². The molecule has 2 aromatic heterocycles. The lowest BCUT2D eigenvalue weighted by atomic mass is 10.2. The normalized spacial score (nSPS) is 17.6. The first-order valence-corrected chi connectivity index (χ1v) is 8.41. The first-order valence-electron chi connectivity index (χ1n) is 7.60. The van der Waals surface area contributed by atoms with E-state index in [0.29, 0.717) is 41.0 Å². The van der Waals surface area contributed by atoms with Crippen molar-refractivity contribution in [3.63, 3.8) is 0 Å². The average molecular weight is 360 g/mol. The Morgan fingerprint density at radius 3 is 3.00 bits per heavy atom. The van der Waals surface area contributed by atoms with Gasteiger partial charge in [0, 0.05) is 12.1 Å². The largest absolute Gasteiger partial charge is 0.377 e. The van der Waals surface area contributed by atoms with Crippen LogP contribution in [0.4, 0.5) is 4.39 Å². The Kier molecular flexibility index (Phi) is 4.24. The Labute approximate surface area is 146 Å². The molecule has 0 spiro atoms. The average Bonchev–Trinajstić information content (AvgIpc) is 3.34. The van der Waals surface area contributed by atoms with Gasteiger partial charge in [0.15, 0.2) is 5.82 Å². The van der Waals surface area contributed by atoms with Gasteiger partial charge in [-0.15, -0.1) is 11.3 Å². The van der Waals surface area contributed by atoms with Crippen LogP contribution in [0.25, 0.3) is 10.6 Å². The van der Waals surface area contributed by atoms with Crippen molar-refractivity contribution in [2.75, 3.05) is 19.8 Å². The minimum Gasteiger partial charge on any atom is -0.377 e. The smallest absolute Gasteiger partial charge is 0.266 e. The number of benzene rings is 1. The van der Waals surface area contributed by atoms with E-state index in [0.717, 1.165) is 11.3 Å². The number of hydrogen-bond donors (Lipinski definition) is 0. The van der Waals surface area contributed by atoms with Gasteiger partial charge in [-0.2, -0.15) is 4.98 Å². The highest BCUT2D eigenvalue weighted by atomic mass is 32.1. The third kappa shape index (κ3) is 3.03. The van der Waals surface area contributed by atoms with E-state index in [-0.39, 0.29) is 11.7 Å². The van der Waals surface area contributed by atoms with Crippen LogP contribution < -0.4 is 0 Å². The molecule has 0 unspecified atom stereocenters. The molecule has 1 atom stereocenters. The van der Waals surface area contributed by atoms with Crippen molar-refractivity contribution in [1.29, 1.82) is 0 Å². The molecule has 1 aliphatic rings. The van der Waals surface area contributed by atoms with E-state index in [4.69, 9.17) is 9.26 Å². The van der Waals surface area contributed by atoms with Crippen LogP contribution in [0.15, 0.2) is 41.4 Å². The fourth-order valence-electron chi connectivity index (χ4n) is 2.66. The Balaban J connectivity index is 1.61. The van der Waals surface area contributed by atoms with E-state index in [1.165, 1.54) is 18.7 Å². The van der Waals surface area contributed by atoms with Crippen LogP contribution >= 0.6 is 11.3 Å². The lowest BCUT2D eigenvalue weighted by Gasteiger charge is -2.33. The number of halogens is 1. The molecular formula is C16H13FN4O3S. The summed E-state index contributed by atoms with van der Waals surface area (Å²) in [6.45, 7) is 1.13. The van der Waals surface area contributed by atoms with Gasteiger partial charge in [-0.1, -0.05) is 17.3 Å². The second-order valence-electron chi connectivity index (χ2n) is 5.39. The lowest BCUT2D eigenvalue weighted by Crippen LogP contribution is -2.43. The molecule has 1 amide bonds. The predicted octanol–water partition coefficient (Wildman–Crippen LogP) is 2.55. The lowest BCUT2D eigenvalue weighted by molar-refractivity contribution is -0.00552. The van der Waals surface area contributed by atoms with Gasteiger partial charge >= 0.3 is 0 Å². The zero-order valence-electron chi connectivity index (χ0n) is 13.0. The molecule has 0 radical (unpaired) electrons. The number of morpholine rings is 1. The molecule has 0 N–H and O–H groups in total. The molecule has 128 valence electrons.